The molecule has 3 rings (SSSR count). The van der Waals surface area contributed by atoms with Crippen LogP contribution in [0.1, 0.15) is 39.3 Å². The molecule has 1 heterocycles. The molecule has 1 fully saturated rings. The van der Waals surface area contributed by atoms with Crippen LogP contribution >= 0.6 is 0 Å². The number of amides is 1. The number of β-lactam (4-membered cyclic amide) rings is 1. The predicted octanol–water partition coefficient (Wildman–Crippen LogP) is 3.73. The van der Waals surface area contributed by atoms with Gasteiger partial charge in [-0.05, 0) is 44.0 Å². The van der Waals surface area contributed by atoms with Crippen LogP contribution < -0.4 is 0 Å². The number of likely N-dealkylation sites (tertiary alicyclic amines) is 1. The highest BCUT2D eigenvalue weighted by atomic mass is 16.2. The van der Waals surface area contributed by atoms with Gasteiger partial charge in [0, 0.05) is 5.54 Å². The third kappa shape index (κ3) is 2.12. The molecular formula is C19H21NO2. The van der Waals surface area contributed by atoms with Gasteiger partial charge in [0.1, 0.15) is 11.7 Å². The van der Waals surface area contributed by atoms with Crippen molar-refractivity contribution in [2.45, 2.75) is 39.3 Å². The van der Waals surface area contributed by atoms with E-state index in [2.05, 4.69) is 18.2 Å². The zero-order valence-electron chi connectivity index (χ0n) is 13.5. The molecule has 3 nitrogen and oxygen atoms in total. The topological polar surface area (TPSA) is 37.4 Å². The van der Waals surface area contributed by atoms with Gasteiger partial charge in [-0.1, -0.05) is 42.5 Å². The molecule has 0 bridgehead atoms. The summed E-state index contributed by atoms with van der Waals surface area (Å²) >= 11 is 0. The van der Waals surface area contributed by atoms with Crippen molar-refractivity contribution in [2.24, 2.45) is 5.92 Å². The Morgan fingerprint density at radius 3 is 2.32 bits per heavy atom. The fourth-order valence-corrected chi connectivity index (χ4v) is 3.46. The first-order chi connectivity index (χ1) is 10.3. The number of carbonyl (C=O) groups excluding carboxylic acids is 2. The summed E-state index contributed by atoms with van der Waals surface area (Å²) in [6.07, 6.45) is 0. The minimum atomic E-state index is -0.551. The molecule has 22 heavy (non-hydrogen) atoms. The third-order valence-electron chi connectivity index (χ3n) is 4.40. The summed E-state index contributed by atoms with van der Waals surface area (Å²) in [5, 5.41) is 2.25. The van der Waals surface area contributed by atoms with Crippen molar-refractivity contribution in [1.82, 2.24) is 4.90 Å². The van der Waals surface area contributed by atoms with E-state index in [1.807, 2.05) is 49.9 Å². The maximum absolute atomic E-state index is 12.5. The third-order valence-corrected chi connectivity index (χ3v) is 4.40. The molecule has 0 spiro atoms. The van der Waals surface area contributed by atoms with Crippen molar-refractivity contribution >= 4 is 22.5 Å². The second kappa shape index (κ2) is 4.94. The normalized spacial score (nSPS) is 21.8. The summed E-state index contributed by atoms with van der Waals surface area (Å²) < 4.78 is 0. The lowest BCUT2D eigenvalue weighted by molar-refractivity contribution is -0.169. The maximum atomic E-state index is 12.5. The first-order valence-corrected chi connectivity index (χ1v) is 7.63. The second-order valence-electron chi connectivity index (χ2n) is 6.98. The van der Waals surface area contributed by atoms with Crippen LogP contribution in [0.15, 0.2) is 42.5 Å². The number of fused-ring (bicyclic) bond motifs is 1. The number of carbonyl (C=O) groups is 2. The van der Waals surface area contributed by atoms with Crippen molar-refractivity contribution in [1.29, 1.82) is 0 Å². The Balaban J connectivity index is 2.17. The average molecular weight is 295 g/mol. The Hall–Kier alpha value is -2.16. The Morgan fingerprint density at radius 1 is 1.05 bits per heavy atom. The zero-order valence-corrected chi connectivity index (χ0v) is 13.5. The highest BCUT2D eigenvalue weighted by Gasteiger charge is 2.54. The van der Waals surface area contributed by atoms with E-state index < -0.39 is 5.92 Å². The van der Waals surface area contributed by atoms with E-state index in [1.165, 1.54) is 6.92 Å². The lowest BCUT2D eigenvalue weighted by atomic mass is 9.75. The first kappa shape index (κ1) is 14.8. The minimum absolute atomic E-state index is 0.0524. The minimum Gasteiger partial charge on any atom is -0.329 e. The van der Waals surface area contributed by atoms with E-state index >= 15 is 0 Å². The molecule has 0 aliphatic carbocycles. The number of hydrogen-bond donors (Lipinski definition) is 0. The first-order valence-electron chi connectivity index (χ1n) is 7.63. The molecule has 0 saturated carbocycles. The van der Waals surface area contributed by atoms with E-state index in [1.54, 1.807) is 0 Å². The van der Waals surface area contributed by atoms with Crippen LogP contribution in [-0.2, 0) is 9.59 Å². The van der Waals surface area contributed by atoms with Gasteiger partial charge in [0.05, 0.1) is 6.04 Å². The van der Waals surface area contributed by atoms with Gasteiger partial charge in [-0.15, -0.1) is 0 Å². The van der Waals surface area contributed by atoms with Gasteiger partial charge < -0.3 is 4.90 Å². The maximum Gasteiger partial charge on any atom is 0.236 e. The van der Waals surface area contributed by atoms with Crippen molar-refractivity contribution in [3.05, 3.63) is 48.0 Å². The summed E-state index contributed by atoms with van der Waals surface area (Å²) in [7, 11) is 0. The van der Waals surface area contributed by atoms with Gasteiger partial charge in [0.15, 0.2) is 0 Å². The summed E-state index contributed by atoms with van der Waals surface area (Å²) in [6.45, 7) is 7.55. The molecule has 3 heteroatoms. The van der Waals surface area contributed by atoms with Crippen LogP contribution in [0.4, 0.5) is 0 Å². The van der Waals surface area contributed by atoms with Gasteiger partial charge >= 0.3 is 0 Å². The van der Waals surface area contributed by atoms with Crippen molar-refractivity contribution in [3.8, 4) is 0 Å². The summed E-state index contributed by atoms with van der Waals surface area (Å²) in [5.41, 5.74) is 0.762. The van der Waals surface area contributed by atoms with Crippen molar-refractivity contribution in [2.75, 3.05) is 0 Å². The van der Waals surface area contributed by atoms with E-state index in [4.69, 9.17) is 0 Å². The molecule has 0 radical (unpaired) electrons. The van der Waals surface area contributed by atoms with Crippen molar-refractivity contribution in [3.63, 3.8) is 0 Å². The lowest BCUT2D eigenvalue weighted by Gasteiger charge is -2.53. The van der Waals surface area contributed by atoms with E-state index in [0.717, 1.165) is 16.3 Å². The molecule has 1 amide bonds. The number of Topliss-reactive ketones (excluding diaryl/α,β-unsaturated/α-hetero) is 1. The number of ketones is 1. The van der Waals surface area contributed by atoms with Crippen LogP contribution in [0.5, 0.6) is 0 Å². The highest BCUT2D eigenvalue weighted by Crippen LogP contribution is 2.46. The van der Waals surface area contributed by atoms with Crippen LogP contribution in [0.2, 0.25) is 0 Å². The Bertz CT molecular complexity index is 752. The molecule has 2 aromatic carbocycles. The van der Waals surface area contributed by atoms with Gasteiger partial charge in [0.25, 0.3) is 0 Å². The monoisotopic (exact) mass is 295 g/mol. The molecule has 114 valence electrons. The fraction of sp³-hybridized carbons (Fsp3) is 0.368. The Kier molecular flexibility index (Phi) is 3.32. The predicted molar refractivity (Wildman–Crippen MR) is 87.5 cm³/mol. The highest BCUT2D eigenvalue weighted by molar-refractivity contribution is 6.07. The van der Waals surface area contributed by atoms with Gasteiger partial charge in [-0.25, -0.2) is 0 Å². The summed E-state index contributed by atoms with van der Waals surface area (Å²) in [4.78, 5) is 26.3. The van der Waals surface area contributed by atoms with Crippen LogP contribution in [0, 0.1) is 5.92 Å². The molecular weight excluding hydrogens is 274 g/mol. The SMILES string of the molecule is CC(=O)[C@H]1C(=O)N(C(C)(C)C)[C@@H]1c1cccc2ccccc12. The van der Waals surface area contributed by atoms with E-state index in [0.29, 0.717) is 0 Å². The van der Waals surface area contributed by atoms with Gasteiger partial charge in [-0.3, -0.25) is 9.59 Å². The standard InChI is InChI=1S/C19H21NO2/c1-12(21)16-17(20(18(16)22)19(2,3)4)15-11-7-9-13-8-5-6-10-14(13)15/h5-11,16-17H,1-4H3/t16-,17-/m1/s1. The lowest BCUT2D eigenvalue weighted by Crippen LogP contribution is -2.63. The smallest absolute Gasteiger partial charge is 0.236 e. The second-order valence-corrected chi connectivity index (χ2v) is 6.98. The zero-order chi connectivity index (χ0) is 16.1. The summed E-state index contributed by atoms with van der Waals surface area (Å²) in [5.74, 6) is -0.661. The molecule has 1 aliphatic heterocycles. The van der Waals surface area contributed by atoms with Crippen LogP contribution in [-0.4, -0.2) is 22.1 Å². The average Bonchev–Trinajstić information content (AvgIpc) is 2.42. The molecule has 0 unspecified atom stereocenters. The van der Waals surface area contributed by atoms with Gasteiger partial charge in [0.2, 0.25) is 5.91 Å². The van der Waals surface area contributed by atoms with Crippen LogP contribution in [0.25, 0.3) is 10.8 Å². The quantitative estimate of drug-likeness (QED) is 0.625. The molecule has 1 aliphatic rings. The number of nitrogens with zero attached hydrogens (tertiary/aromatic N) is 1. The molecule has 1 saturated heterocycles. The fourth-order valence-electron chi connectivity index (χ4n) is 3.46. The van der Waals surface area contributed by atoms with E-state index in [9.17, 15) is 9.59 Å². The number of hydrogen-bond acceptors (Lipinski definition) is 2. The molecule has 2 aromatic rings. The van der Waals surface area contributed by atoms with Gasteiger partial charge in [-0.2, -0.15) is 0 Å². The molecule has 0 N–H and O–H groups in total. The Labute approximate surface area is 130 Å². The summed E-state index contributed by atoms with van der Waals surface area (Å²) in [6, 6.07) is 14.0. The largest absolute Gasteiger partial charge is 0.329 e. The van der Waals surface area contributed by atoms with Crippen LogP contribution in [0.3, 0.4) is 0 Å². The van der Waals surface area contributed by atoms with Crippen molar-refractivity contribution < 1.29 is 9.59 Å². The number of rotatable bonds is 2. The Morgan fingerprint density at radius 2 is 1.68 bits per heavy atom. The molecule has 2 atom stereocenters. The van der Waals surface area contributed by atoms with E-state index in [-0.39, 0.29) is 23.3 Å². The number of benzene rings is 2. The molecule has 0 aromatic heterocycles.